The highest BCUT2D eigenvalue weighted by Gasteiger charge is 2.10. The van der Waals surface area contributed by atoms with Gasteiger partial charge in [0.15, 0.2) is 0 Å². The van der Waals surface area contributed by atoms with Crippen molar-refractivity contribution < 1.29 is 4.74 Å². The fraction of sp³-hybridized carbons (Fsp3) is 0.400. The third kappa shape index (κ3) is 3.15. The van der Waals surface area contributed by atoms with Crippen LogP contribution in [-0.2, 0) is 13.2 Å². The first-order valence-electron chi connectivity index (χ1n) is 6.60. The van der Waals surface area contributed by atoms with Crippen molar-refractivity contribution in [2.24, 2.45) is 5.73 Å². The van der Waals surface area contributed by atoms with E-state index in [4.69, 9.17) is 10.5 Å². The van der Waals surface area contributed by atoms with E-state index in [1.807, 2.05) is 25.3 Å². The van der Waals surface area contributed by atoms with Crippen molar-refractivity contribution in [1.82, 2.24) is 9.55 Å². The first-order chi connectivity index (χ1) is 9.11. The minimum absolute atomic E-state index is 0.0409. The molecule has 1 heterocycles. The molecule has 0 aliphatic heterocycles. The van der Waals surface area contributed by atoms with E-state index in [2.05, 4.69) is 29.5 Å². The molecule has 0 saturated heterocycles. The van der Waals surface area contributed by atoms with Crippen molar-refractivity contribution in [2.75, 3.05) is 0 Å². The van der Waals surface area contributed by atoms with Crippen LogP contribution in [0.25, 0.3) is 0 Å². The monoisotopic (exact) mass is 259 g/mol. The van der Waals surface area contributed by atoms with Crippen molar-refractivity contribution in [1.29, 1.82) is 0 Å². The Labute approximate surface area is 114 Å². The van der Waals surface area contributed by atoms with E-state index in [0.717, 1.165) is 23.7 Å². The molecule has 0 amide bonds. The van der Waals surface area contributed by atoms with Gasteiger partial charge in [0.2, 0.25) is 0 Å². The number of aryl methyl sites for hydroxylation is 2. The number of nitrogens with two attached hydrogens (primary N) is 1. The summed E-state index contributed by atoms with van der Waals surface area (Å²) in [4.78, 5) is 4.30. The maximum absolute atomic E-state index is 5.99. The topological polar surface area (TPSA) is 53.1 Å². The van der Waals surface area contributed by atoms with Gasteiger partial charge in [-0.3, -0.25) is 0 Å². The Morgan fingerprint density at radius 3 is 2.89 bits per heavy atom. The maximum atomic E-state index is 5.99. The predicted octanol–water partition coefficient (Wildman–Crippen LogP) is 2.81. The lowest BCUT2D eigenvalue weighted by Crippen LogP contribution is -2.10. The van der Waals surface area contributed by atoms with Crippen molar-refractivity contribution >= 4 is 0 Å². The zero-order valence-corrected chi connectivity index (χ0v) is 11.8. The summed E-state index contributed by atoms with van der Waals surface area (Å²) in [6, 6.07) is 6.05. The summed E-state index contributed by atoms with van der Waals surface area (Å²) >= 11 is 0. The summed E-state index contributed by atoms with van der Waals surface area (Å²) in [5, 5.41) is 0. The second-order valence-corrected chi connectivity index (χ2v) is 4.75. The summed E-state index contributed by atoms with van der Waals surface area (Å²) in [6.45, 7) is 7.47. The molecule has 0 saturated carbocycles. The molecule has 2 rings (SSSR count). The lowest BCUT2D eigenvalue weighted by atomic mass is 10.1. The van der Waals surface area contributed by atoms with Gasteiger partial charge in [-0.1, -0.05) is 17.7 Å². The molecule has 0 radical (unpaired) electrons. The highest BCUT2D eigenvalue weighted by atomic mass is 16.5. The van der Waals surface area contributed by atoms with Gasteiger partial charge in [0.1, 0.15) is 18.2 Å². The van der Waals surface area contributed by atoms with E-state index in [9.17, 15) is 0 Å². The zero-order chi connectivity index (χ0) is 13.8. The average Bonchev–Trinajstić information content (AvgIpc) is 2.84. The van der Waals surface area contributed by atoms with Crippen molar-refractivity contribution in [3.05, 3.63) is 47.5 Å². The van der Waals surface area contributed by atoms with Gasteiger partial charge in [-0.2, -0.15) is 0 Å². The van der Waals surface area contributed by atoms with Gasteiger partial charge in [0.05, 0.1) is 0 Å². The number of aromatic nitrogens is 2. The van der Waals surface area contributed by atoms with E-state index < -0.39 is 0 Å². The number of rotatable bonds is 5. The first-order valence-corrected chi connectivity index (χ1v) is 6.60. The lowest BCUT2D eigenvalue weighted by Gasteiger charge is -2.15. The molecule has 0 unspecified atom stereocenters. The normalized spacial score (nSPS) is 12.4. The SMILES string of the molecule is CCn1ccnc1COc1ccc(C)cc1[C@@H](C)N. The van der Waals surface area contributed by atoms with Crippen LogP contribution in [0.15, 0.2) is 30.6 Å². The number of hydrogen-bond acceptors (Lipinski definition) is 3. The zero-order valence-electron chi connectivity index (χ0n) is 11.8. The lowest BCUT2D eigenvalue weighted by molar-refractivity contribution is 0.285. The molecule has 1 aromatic heterocycles. The Bertz CT molecular complexity index is 546. The average molecular weight is 259 g/mol. The van der Waals surface area contributed by atoms with Gasteiger partial charge in [0.25, 0.3) is 0 Å². The van der Waals surface area contributed by atoms with Crippen LogP contribution in [0.3, 0.4) is 0 Å². The van der Waals surface area contributed by atoms with Crippen LogP contribution in [-0.4, -0.2) is 9.55 Å². The molecule has 4 nitrogen and oxygen atoms in total. The van der Waals surface area contributed by atoms with Gasteiger partial charge in [-0.05, 0) is 26.8 Å². The van der Waals surface area contributed by atoms with Crippen LogP contribution in [0.2, 0.25) is 0 Å². The van der Waals surface area contributed by atoms with Gasteiger partial charge >= 0.3 is 0 Å². The molecule has 102 valence electrons. The van der Waals surface area contributed by atoms with E-state index in [-0.39, 0.29) is 6.04 Å². The van der Waals surface area contributed by atoms with E-state index in [1.54, 1.807) is 6.20 Å². The Kier molecular flexibility index (Phi) is 4.22. The standard InChI is InChI=1S/C15H21N3O/c1-4-18-8-7-17-15(18)10-19-14-6-5-11(2)9-13(14)12(3)16/h5-9,12H,4,10,16H2,1-3H3/t12-/m1/s1. The van der Waals surface area contributed by atoms with Crippen LogP contribution in [0, 0.1) is 6.92 Å². The summed E-state index contributed by atoms with van der Waals surface area (Å²) < 4.78 is 7.95. The number of hydrogen-bond donors (Lipinski definition) is 1. The fourth-order valence-corrected chi connectivity index (χ4v) is 2.07. The van der Waals surface area contributed by atoms with Crippen molar-refractivity contribution in [3.8, 4) is 5.75 Å². The molecule has 0 aliphatic carbocycles. The second-order valence-electron chi connectivity index (χ2n) is 4.75. The summed E-state index contributed by atoms with van der Waals surface area (Å²) in [5.41, 5.74) is 8.21. The maximum Gasteiger partial charge on any atom is 0.146 e. The Hall–Kier alpha value is -1.81. The second kappa shape index (κ2) is 5.89. The molecule has 0 spiro atoms. The van der Waals surface area contributed by atoms with Crippen LogP contribution < -0.4 is 10.5 Å². The highest BCUT2D eigenvalue weighted by Crippen LogP contribution is 2.25. The molecule has 2 N–H and O–H groups in total. The number of imidazole rings is 1. The smallest absolute Gasteiger partial charge is 0.146 e. The third-order valence-electron chi connectivity index (χ3n) is 3.16. The summed E-state index contributed by atoms with van der Waals surface area (Å²) in [7, 11) is 0. The van der Waals surface area contributed by atoms with Crippen LogP contribution in [0.4, 0.5) is 0 Å². The van der Waals surface area contributed by atoms with Gasteiger partial charge in [-0.25, -0.2) is 4.98 Å². The number of benzene rings is 1. The number of nitrogens with zero attached hydrogens (tertiary/aromatic N) is 2. The minimum Gasteiger partial charge on any atom is -0.485 e. The molecule has 2 aromatic rings. The van der Waals surface area contributed by atoms with Crippen LogP contribution in [0.1, 0.15) is 36.8 Å². The molecule has 0 aliphatic rings. The molecule has 1 aromatic carbocycles. The fourth-order valence-electron chi connectivity index (χ4n) is 2.07. The molecule has 0 bridgehead atoms. The molecule has 1 atom stereocenters. The van der Waals surface area contributed by atoms with E-state index in [0.29, 0.717) is 6.61 Å². The van der Waals surface area contributed by atoms with Gasteiger partial charge < -0.3 is 15.0 Å². The van der Waals surface area contributed by atoms with Crippen LogP contribution in [0.5, 0.6) is 5.75 Å². The quantitative estimate of drug-likeness (QED) is 0.898. The van der Waals surface area contributed by atoms with E-state index >= 15 is 0 Å². The number of ether oxygens (including phenoxy) is 1. The summed E-state index contributed by atoms with van der Waals surface area (Å²) in [6.07, 6.45) is 3.75. The molecule has 4 heteroatoms. The highest BCUT2D eigenvalue weighted by molar-refractivity contribution is 5.38. The molecule has 0 fully saturated rings. The Balaban J connectivity index is 2.15. The predicted molar refractivity (Wildman–Crippen MR) is 76.0 cm³/mol. The summed E-state index contributed by atoms with van der Waals surface area (Å²) in [5.74, 6) is 1.77. The molecular weight excluding hydrogens is 238 g/mol. The largest absolute Gasteiger partial charge is 0.485 e. The minimum atomic E-state index is -0.0409. The third-order valence-corrected chi connectivity index (χ3v) is 3.16. The van der Waals surface area contributed by atoms with Crippen LogP contribution >= 0.6 is 0 Å². The van der Waals surface area contributed by atoms with Crippen molar-refractivity contribution in [2.45, 2.75) is 40.0 Å². The van der Waals surface area contributed by atoms with E-state index in [1.165, 1.54) is 5.56 Å². The Morgan fingerprint density at radius 1 is 1.42 bits per heavy atom. The van der Waals surface area contributed by atoms with Crippen molar-refractivity contribution in [3.63, 3.8) is 0 Å². The Morgan fingerprint density at radius 2 is 2.21 bits per heavy atom. The molecular formula is C15H21N3O. The first kappa shape index (κ1) is 13.6. The van der Waals surface area contributed by atoms with Gasteiger partial charge in [0, 0.05) is 30.5 Å². The van der Waals surface area contributed by atoms with Gasteiger partial charge in [-0.15, -0.1) is 0 Å². The molecule has 19 heavy (non-hydrogen) atoms.